The quantitative estimate of drug-likeness (QED) is 0.435. The number of halogens is 1. The van der Waals surface area contributed by atoms with E-state index in [1.165, 1.54) is 16.2 Å². The van der Waals surface area contributed by atoms with Crippen LogP contribution in [0.1, 0.15) is 63.9 Å². The minimum absolute atomic E-state index is 0.0219. The second kappa shape index (κ2) is 11.4. The van der Waals surface area contributed by atoms with Crippen molar-refractivity contribution < 1.29 is 19.2 Å². The molecule has 2 fully saturated rings. The molecule has 1 saturated heterocycles. The van der Waals surface area contributed by atoms with Crippen molar-refractivity contribution in [3.05, 3.63) is 47.0 Å². The molecule has 35 heavy (non-hydrogen) atoms. The van der Waals surface area contributed by atoms with Gasteiger partial charge in [0.25, 0.3) is 0 Å². The van der Waals surface area contributed by atoms with E-state index in [4.69, 9.17) is 11.6 Å². The number of imide groups is 1. The van der Waals surface area contributed by atoms with Gasteiger partial charge < -0.3 is 10.2 Å². The molecular formula is C27H34ClN3O4. The molecule has 0 spiro atoms. The fourth-order valence-electron chi connectivity index (χ4n) is 5.42. The molecule has 8 heteroatoms. The van der Waals surface area contributed by atoms with Gasteiger partial charge in [-0.2, -0.15) is 0 Å². The maximum absolute atomic E-state index is 13.4. The predicted octanol–water partition coefficient (Wildman–Crippen LogP) is 3.85. The largest absolute Gasteiger partial charge is 0.352 e. The van der Waals surface area contributed by atoms with Gasteiger partial charge in [-0.15, -0.1) is 0 Å². The molecule has 1 aromatic rings. The van der Waals surface area contributed by atoms with E-state index >= 15 is 0 Å². The third-order valence-corrected chi connectivity index (χ3v) is 7.74. The van der Waals surface area contributed by atoms with Crippen LogP contribution >= 0.6 is 11.6 Å². The molecule has 1 heterocycles. The molecule has 1 aromatic carbocycles. The summed E-state index contributed by atoms with van der Waals surface area (Å²) >= 11 is 6.15. The number of nitrogens with zero attached hydrogens (tertiary/aromatic N) is 2. The lowest BCUT2D eigenvalue weighted by Crippen LogP contribution is -2.51. The normalized spacial score (nSPS) is 23.2. The average molecular weight is 500 g/mol. The van der Waals surface area contributed by atoms with E-state index in [0.29, 0.717) is 17.9 Å². The number of allylic oxidation sites excluding steroid dienone is 2. The molecule has 1 saturated carbocycles. The molecule has 7 nitrogen and oxygen atoms in total. The van der Waals surface area contributed by atoms with Gasteiger partial charge in [0.2, 0.25) is 23.6 Å². The molecular weight excluding hydrogens is 466 g/mol. The van der Waals surface area contributed by atoms with E-state index in [9.17, 15) is 19.2 Å². The maximum atomic E-state index is 13.4. The first-order valence-corrected chi connectivity index (χ1v) is 13.1. The molecule has 3 atom stereocenters. The first-order chi connectivity index (χ1) is 16.8. The van der Waals surface area contributed by atoms with Crippen molar-refractivity contribution in [3.63, 3.8) is 0 Å². The van der Waals surface area contributed by atoms with Crippen LogP contribution in [0.5, 0.6) is 0 Å². The monoisotopic (exact) mass is 499 g/mol. The van der Waals surface area contributed by atoms with Crippen LogP contribution in [0.15, 0.2) is 36.4 Å². The van der Waals surface area contributed by atoms with Crippen LogP contribution in [0.3, 0.4) is 0 Å². The summed E-state index contributed by atoms with van der Waals surface area (Å²) in [7, 11) is 0. The van der Waals surface area contributed by atoms with E-state index in [0.717, 1.165) is 31.2 Å². The topological polar surface area (TPSA) is 86.8 Å². The lowest BCUT2D eigenvalue weighted by molar-refractivity contribution is -0.144. The van der Waals surface area contributed by atoms with Gasteiger partial charge in [-0.05, 0) is 50.3 Å². The molecule has 1 N–H and O–H groups in total. The Morgan fingerprint density at radius 1 is 1.09 bits per heavy atom. The van der Waals surface area contributed by atoms with Gasteiger partial charge in [0.15, 0.2) is 0 Å². The molecule has 2 aliphatic carbocycles. The lowest BCUT2D eigenvalue weighted by atomic mass is 9.85. The van der Waals surface area contributed by atoms with Crippen molar-refractivity contribution in [2.45, 2.75) is 76.9 Å². The molecule has 1 unspecified atom stereocenters. The Bertz CT molecular complexity index is 978. The number of benzene rings is 1. The Balaban J connectivity index is 1.44. The molecule has 188 valence electrons. The van der Waals surface area contributed by atoms with Gasteiger partial charge in [0.05, 0.1) is 11.8 Å². The van der Waals surface area contributed by atoms with Crippen molar-refractivity contribution in [2.75, 3.05) is 6.54 Å². The van der Waals surface area contributed by atoms with Gasteiger partial charge >= 0.3 is 0 Å². The average Bonchev–Trinajstić information content (AvgIpc) is 3.10. The number of amides is 4. The third-order valence-electron chi connectivity index (χ3n) is 7.51. The van der Waals surface area contributed by atoms with Crippen LogP contribution in [0, 0.1) is 11.8 Å². The Hall–Kier alpha value is -2.67. The van der Waals surface area contributed by atoms with Gasteiger partial charge in [-0.3, -0.25) is 24.1 Å². The van der Waals surface area contributed by atoms with E-state index < -0.39 is 6.04 Å². The summed E-state index contributed by atoms with van der Waals surface area (Å²) < 4.78 is 0. The van der Waals surface area contributed by atoms with Crippen LogP contribution < -0.4 is 5.32 Å². The van der Waals surface area contributed by atoms with Crippen molar-refractivity contribution in [2.24, 2.45) is 11.8 Å². The van der Waals surface area contributed by atoms with Crippen molar-refractivity contribution in [3.8, 4) is 0 Å². The second-order valence-corrected chi connectivity index (χ2v) is 10.3. The summed E-state index contributed by atoms with van der Waals surface area (Å²) in [5, 5.41) is 3.67. The highest BCUT2D eigenvalue weighted by atomic mass is 35.5. The van der Waals surface area contributed by atoms with Gasteiger partial charge in [0.1, 0.15) is 6.04 Å². The molecule has 1 aliphatic heterocycles. The van der Waals surface area contributed by atoms with E-state index in [2.05, 4.69) is 5.32 Å². The smallest absolute Gasteiger partial charge is 0.242 e. The molecule has 4 rings (SSSR count). The third kappa shape index (κ3) is 5.95. The first kappa shape index (κ1) is 25.4. The summed E-state index contributed by atoms with van der Waals surface area (Å²) in [6.45, 7) is 1.98. The Morgan fingerprint density at radius 2 is 1.74 bits per heavy atom. The number of hydrogen-bond acceptors (Lipinski definition) is 4. The Kier molecular flexibility index (Phi) is 8.26. The predicted molar refractivity (Wildman–Crippen MR) is 133 cm³/mol. The fourth-order valence-corrected chi connectivity index (χ4v) is 5.64. The van der Waals surface area contributed by atoms with Gasteiger partial charge in [-0.1, -0.05) is 55.1 Å². The Labute approximate surface area is 211 Å². The minimum atomic E-state index is -0.694. The number of carbonyl (C=O) groups is 4. The zero-order valence-electron chi connectivity index (χ0n) is 20.2. The molecule has 0 bridgehead atoms. The van der Waals surface area contributed by atoms with Crippen molar-refractivity contribution in [1.82, 2.24) is 15.1 Å². The summed E-state index contributed by atoms with van der Waals surface area (Å²) in [4.78, 5) is 54.9. The van der Waals surface area contributed by atoms with Crippen LogP contribution in [-0.4, -0.2) is 52.1 Å². The summed E-state index contributed by atoms with van der Waals surface area (Å²) in [5.74, 6) is -1.47. The van der Waals surface area contributed by atoms with Crippen molar-refractivity contribution >= 4 is 35.2 Å². The van der Waals surface area contributed by atoms with Gasteiger partial charge in [0, 0.05) is 30.6 Å². The first-order valence-electron chi connectivity index (χ1n) is 12.7. The molecule has 0 radical (unpaired) electrons. The van der Waals surface area contributed by atoms with Crippen LogP contribution in [0.25, 0.3) is 0 Å². The molecule has 0 aromatic heterocycles. The SMILES string of the molecule is CC(C(=O)NC1CCCCC1)N(Cc1cccc(Cl)c1)C(=O)CCN1C(=O)[C@H]2CC=CC[C@H]2C1=O. The van der Waals surface area contributed by atoms with Crippen LogP contribution in [0.4, 0.5) is 0 Å². The zero-order valence-corrected chi connectivity index (χ0v) is 21.0. The number of hydrogen-bond donors (Lipinski definition) is 1. The summed E-state index contributed by atoms with van der Waals surface area (Å²) in [5.41, 5.74) is 0.814. The van der Waals surface area contributed by atoms with Crippen molar-refractivity contribution in [1.29, 1.82) is 0 Å². The number of carbonyl (C=O) groups excluding carboxylic acids is 4. The van der Waals surface area contributed by atoms with Crippen LogP contribution in [-0.2, 0) is 25.7 Å². The highest BCUT2D eigenvalue weighted by molar-refractivity contribution is 6.30. The summed E-state index contributed by atoms with van der Waals surface area (Å²) in [6.07, 6.45) is 10.3. The number of rotatable bonds is 8. The summed E-state index contributed by atoms with van der Waals surface area (Å²) in [6, 6.07) is 6.65. The Morgan fingerprint density at radius 3 is 2.37 bits per heavy atom. The number of likely N-dealkylation sites (tertiary alicyclic amines) is 1. The van der Waals surface area contributed by atoms with E-state index in [1.54, 1.807) is 19.1 Å². The highest BCUT2D eigenvalue weighted by Crippen LogP contribution is 2.35. The fraction of sp³-hybridized carbons (Fsp3) is 0.556. The molecule has 4 amide bonds. The van der Waals surface area contributed by atoms with E-state index in [1.807, 2.05) is 24.3 Å². The number of fused-ring (bicyclic) bond motifs is 1. The highest BCUT2D eigenvalue weighted by Gasteiger charge is 2.47. The maximum Gasteiger partial charge on any atom is 0.242 e. The minimum Gasteiger partial charge on any atom is -0.352 e. The number of nitrogens with one attached hydrogen (secondary N) is 1. The zero-order chi connectivity index (χ0) is 24.9. The second-order valence-electron chi connectivity index (χ2n) is 9.90. The van der Waals surface area contributed by atoms with Crippen LogP contribution in [0.2, 0.25) is 5.02 Å². The molecule has 3 aliphatic rings. The lowest BCUT2D eigenvalue weighted by Gasteiger charge is -2.31. The van der Waals surface area contributed by atoms with E-state index in [-0.39, 0.29) is 61.0 Å². The van der Waals surface area contributed by atoms with Gasteiger partial charge in [-0.25, -0.2) is 0 Å². The standard InChI is InChI=1S/C27H34ClN3O4/c1-18(25(33)29-21-10-3-2-4-11-21)31(17-19-8-7-9-20(28)16-19)24(32)14-15-30-26(34)22-12-5-6-13-23(22)27(30)35/h5-9,16,18,21-23H,2-4,10-15,17H2,1H3,(H,29,33)/t18?,22-,23+.